The van der Waals surface area contributed by atoms with Crippen LogP contribution in [0.2, 0.25) is 0 Å². The molecule has 1 amide bonds. The van der Waals surface area contributed by atoms with Crippen molar-refractivity contribution in [2.24, 2.45) is 0 Å². The van der Waals surface area contributed by atoms with Crippen molar-refractivity contribution in [3.63, 3.8) is 0 Å². The number of aromatic nitrogens is 1. The fourth-order valence-electron chi connectivity index (χ4n) is 4.93. The van der Waals surface area contributed by atoms with E-state index in [1.54, 1.807) is 6.07 Å². The van der Waals surface area contributed by atoms with Crippen LogP contribution in [0.5, 0.6) is 5.75 Å². The van der Waals surface area contributed by atoms with Gasteiger partial charge < -0.3 is 14.6 Å². The Balaban J connectivity index is 1.37. The highest BCUT2D eigenvalue weighted by Crippen LogP contribution is 2.29. The maximum absolute atomic E-state index is 14.0. The molecule has 1 N–H and O–H groups in total. The zero-order chi connectivity index (χ0) is 26.8. The van der Waals surface area contributed by atoms with E-state index in [-0.39, 0.29) is 11.9 Å². The lowest BCUT2D eigenvalue weighted by atomic mass is 10.0. The van der Waals surface area contributed by atoms with Crippen LogP contribution >= 0.6 is 0 Å². The van der Waals surface area contributed by atoms with Gasteiger partial charge in [0.05, 0.1) is 13.2 Å². The molecule has 0 saturated carbocycles. The second-order valence-electron chi connectivity index (χ2n) is 9.71. The molecule has 1 aromatic heterocycles. The molecule has 192 valence electrons. The van der Waals surface area contributed by atoms with Crippen LogP contribution in [-0.2, 0) is 6.54 Å². The Morgan fingerprint density at radius 1 is 0.921 bits per heavy atom. The van der Waals surface area contributed by atoms with Crippen molar-refractivity contribution < 1.29 is 13.9 Å². The summed E-state index contributed by atoms with van der Waals surface area (Å²) < 4.78 is 21.4. The number of rotatable bonds is 7. The van der Waals surface area contributed by atoms with Gasteiger partial charge in [-0.3, -0.25) is 4.79 Å². The summed E-state index contributed by atoms with van der Waals surface area (Å²) in [6, 6.07) is 28.9. The fourth-order valence-corrected chi connectivity index (χ4v) is 4.93. The van der Waals surface area contributed by atoms with Gasteiger partial charge in [-0.05, 0) is 78.9 Å². The summed E-state index contributed by atoms with van der Waals surface area (Å²) in [6.45, 7) is 6.79. The zero-order valence-corrected chi connectivity index (χ0v) is 22.1. The molecule has 5 heteroatoms. The monoisotopic (exact) mass is 506 g/mol. The molecule has 5 aromatic rings. The number of benzene rings is 4. The first-order chi connectivity index (χ1) is 18.3. The van der Waals surface area contributed by atoms with Gasteiger partial charge in [0.2, 0.25) is 0 Å². The van der Waals surface area contributed by atoms with Crippen molar-refractivity contribution in [1.29, 1.82) is 0 Å². The largest absolute Gasteiger partial charge is 0.497 e. The van der Waals surface area contributed by atoms with Crippen molar-refractivity contribution in [3.05, 3.63) is 125 Å². The summed E-state index contributed by atoms with van der Waals surface area (Å²) in [5, 5.41) is 4.04. The molecule has 4 aromatic carbocycles. The van der Waals surface area contributed by atoms with Crippen molar-refractivity contribution in [3.8, 4) is 16.9 Å². The van der Waals surface area contributed by atoms with Gasteiger partial charge in [-0.25, -0.2) is 4.39 Å². The summed E-state index contributed by atoms with van der Waals surface area (Å²) in [5.74, 6) is -0.183. The molecule has 0 fully saturated rings. The number of carbonyl (C=O) groups is 1. The van der Waals surface area contributed by atoms with E-state index in [1.165, 1.54) is 41.6 Å². The second kappa shape index (κ2) is 10.5. The lowest BCUT2D eigenvalue weighted by molar-refractivity contribution is 0.0940. The van der Waals surface area contributed by atoms with Crippen molar-refractivity contribution in [2.75, 3.05) is 7.11 Å². The zero-order valence-electron chi connectivity index (χ0n) is 22.1. The van der Waals surface area contributed by atoms with Crippen molar-refractivity contribution in [2.45, 2.75) is 33.4 Å². The van der Waals surface area contributed by atoms with Crippen LogP contribution in [0.1, 0.15) is 45.7 Å². The number of amides is 1. The first-order valence-electron chi connectivity index (χ1n) is 12.7. The van der Waals surface area contributed by atoms with Gasteiger partial charge in [0.25, 0.3) is 5.91 Å². The molecule has 38 heavy (non-hydrogen) atoms. The molecule has 0 aliphatic carbocycles. The van der Waals surface area contributed by atoms with Gasteiger partial charge in [-0.1, -0.05) is 54.6 Å². The number of fused-ring (bicyclic) bond motifs is 1. The van der Waals surface area contributed by atoms with E-state index in [0.717, 1.165) is 23.0 Å². The number of hydrogen-bond acceptors (Lipinski definition) is 2. The Hall–Kier alpha value is -4.38. The Kier molecular flexibility index (Phi) is 7.01. The lowest BCUT2D eigenvalue weighted by Crippen LogP contribution is -2.26. The maximum atomic E-state index is 14.0. The predicted molar refractivity (Wildman–Crippen MR) is 151 cm³/mol. The number of ether oxygens (including phenoxy) is 1. The topological polar surface area (TPSA) is 43.3 Å². The summed E-state index contributed by atoms with van der Waals surface area (Å²) in [5.41, 5.74) is 8.24. The molecule has 0 spiro atoms. The van der Waals surface area contributed by atoms with Gasteiger partial charge >= 0.3 is 0 Å². The molecule has 0 aliphatic rings. The number of carbonyl (C=O) groups excluding carboxylic acids is 1. The predicted octanol–water partition coefficient (Wildman–Crippen LogP) is 7.61. The van der Waals surface area contributed by atoms with Crippen LogP contribution < -0.4 is 10.1 Å². The van der Waals surface area contributed by atoms with Crippen LogP contribution in [0.15, 0.2) is 91.0 Å². The number of aryl methyl sites for hydroxylation is 1. The Bertz CT molecular complexity index is 1600. The standard InChI is InChI=1S/C33H31FN2O2/c1-21-23(3)36(20-24-10-12-26(13-11-24)25-8-6-5-7-9-25)32-15-14-27(18-31(21)32)33(37)35-22(2)28-16-29(34)19-30(17-28)38-4/h5-19,22H,20H2,1-4H3,(H,35,37)/t22-/m0/s1. The fraction of sp³-hybridized carbons (Fsp3) is 0.182. The molecular formula is C33H31FN2O2. The number of nitrogens with one attached hydrogen (secondary N) is 1. The number of methoxy groups -OCH3 is 1. The molecule has 5 rings (SSSR count). The SMILES string of the molecule is COc1cc(F)cc([C@H](C)NC(=O)c2ccc3c(c2)c(C)c(C)n3Cc2ccc(-c3ccccc3)cc2)c1. The van der Waals surface area contributed by atoms with E-state index in [0.29, 0.717) is 16.9 Å². The van der Waals surface area contributed by atoms with E-state index in [1.807, 2.05) is 31.2 Å². The Morgan fingerprint density at radius 2 is 1.63 bits per heavy atom. The molecular weight excluding hydrogens is 475 g/mol. The van der Waals surface area contributed by atoms with Crippen LogP contribution in [0, 0.1) is 19.7 Å². The summed E-state index contributed by atoms with van der Waals surface area (Å²) in [6.07, 6.45) is 0. The molecule has 1 heterocycles. The van der Waals surface area contributed by atoms with Gasteiger partial charge in [0.1, 0.15) is 11.6 Å². The number of hydrogen-bond donors (Lipinski definition) is 1. The van der Waals surface area contributed by atoms with Gasteiger partial charge in [-0.15, -0.1) is 0 Å². The van der Waals surface area contributed by atoms with E-state index in [2.05, 4.69) is 72.3 Å². The Morgan fingerprint density at radius 3 is 2.34 bits per heavy atom. The minimum Gasteiger partial charge on any atom is -0.497 e. The minimum atomic E-state index is -0.399. The van der Waals surface area contributed by atoms with E-state index < -0.39 is 5.82 Å². The van der Waals surface area contributed by atoms with Gasteiger partial charge in [0, 0.05) is 34.8 Å². The van der Waals surface area contributed by atoms with Gasteiger partial charge in [0.15, 0.2) is 0 Å². The smallest absolute Gasteiger partial charge is 0.251 e. The molecule has 4 nitrogen and oxygen atoms in total. The highest BCUT2D eigenvalue weighted by Gasteiger charge is 2.17. The van der Waals surface area contributed by atoms with Crippen LogP contribution in [0.25, 0.3) is 22.0 Å². The van der Waals surface area contributed by atoms with Gasteiger partial charge in [-0.2, -0.15) is 0 Å². The third kappa shape index (κ3) is 5.05. The summed E-state index contributed by atoms with van der Waals surface area (Å²) in [4.78, 5) is 13.1. The normalized spacial score (nSPS) is 11.9. The number of halogens is 1. The molecule has 0 aliphatic heterocycles. The lowest BCUT2D eigenvalue weighted by Gasteiger charge is -2.16. The van der Waals surface area contributed by atoms with E-state index in [9.17, 15) is 9.18 Å². The van der Waals surface area contributed by atoms with Crippen LogP contribution in [0.4, 0.5) is 4.39 Å². The molecule has 0 radical (unpaired) electrons. The second-order valence-corrected chi connectivity index (χ2v) is 9.71. The van der Waals surface area contributed by atoms with Crippen molar-refractivity contribution in [1.82, 2.24) is 9.88 Å². The molecule has 0 saturated heterocycles. The molecule has 0 unspecified atom stereocenters. The summed E-state index contributed by atoms with van der Waals surface area (Å²) >= 11 is 0. The van der Waals surface area contributed by atoms with Crippen molar-refractivity contribution >= 4 is 16.8 Å². The molecule has 1 atom stereocenters. The summed E-state index contributed by atoms with van der Waals surface area (Å²) in [7, 11) is 1.49. The third-order valence-electron chi connectivity index (χ3n) is 7.28. The molecule has 0 bridgehead atoms. The van der Waals surface area contributed by atoms with E-state index in [4.69, 9.17) is 4.74 Å². The quantitative estimate of drug-likeness (QED) is 0.247. The minimum absolute atomic E-state index is 0.205. The first-order valence-corrected chi connectivity index (χ1v) is 12.7. The van der Waals surface area contributed by atoms with E-state index >= 15 is 0 Å². The highest BCUT2D eigenvalue weighted by atomic mass is 19.1. The third-order valence-corrected chi connectivity index (χ3v) is 7.28. The van der Waals surface area contributed by atoms with Crippen LogP contribution in [0.3, 0.4) is 0 Å². The average molecular weight is 507 g/mol. The highest BCUT2D eigenvalue weighted by molar-refractivity contribution is 5.99. The number of nitrogens with zero attached hydrogens (tertiary/aromatic N) is 1. The Labute approximate surface area is 222 Å². The maximum Gasteiger partial charge on any atom is 0.251 e. The average Bonchev–Trinajstić information content (AvgIpc) is 3.17. The van der Waals surface area contributed by atoms with Crippen LogP contribution in [-0.4, -0.2) is 17.6 Å². The first kappa shape index (κ1) is 25.3.